The third kappa shape index (κ3) is 2.89. The van der Waals surface area contributed by atoms with Crippen molar-refractivity contribution in [3.8, 4) is 0 Å². The number of morpholine rings is 1. The zero-order valence-electron chi connectivity index (χ0n) is 12.5. The summed E-state index contributed by atoms with van der Waals surface area (Å²) in [6.07, 6.45) is 2.92. The second-order valence-corrected chi connectivity index (χ2v) is 6.58. The summed E-state index contributed by atoms with van der Waals surface area (Å²) in [6, 6.07) is 0.623. The fourth-order valence-corrected chi connectivity index (χ4v) is 3.46. The van der Waals surface area contributed by atoms with E-state index in [-0.39, 0.29) is 0 Å². The van der Waals surface area contributed by atoms with Gasteiger partial charge in [-0.15, -0.1) is 0 Å². The molecule has 2 saturated heterocycles. The van der Waals surface area contributed by atoms with Crippen LogP contribution in [0, 0.1) is 11.3 Å². The highest BCUT2D eigenvalue weighted by Gasteiger charge is 2.40. The average molecular weight is 254 g/mol. The summed E-state index contributed by atoms with van der Waals surface area (Å²) >= 11 is 0. The van der Waals surface area contributed by atoms with Gasteiger partial charge in [-0.2, -0.15) is 0 Å². The van der Waals surface area contributed by atoms with Gasteiger partial charge in [0.1, 0.15) is 0 Å². The van der Waals surface area contributed by atoms with Crippen molar-refractivity contribution in [1.29, 1.82) is 0 Å². The summed E-state index contributed by atoms with van der Waals surface area (Å²) in [4.78, 5) is 2.70. The van der Waals surface area contributed by atoms with Crippen LogP contribution in [0.15, 0.2) is 0 Å². The molecule has 0 radical (unpaired) electrons. The maximum atomic E-state index is 5.81. The van der Waals surface area contributed by atoms with Gasteiger partial charge in [0, 0.05) is 25.7 Å². The highest BCUT2D eigenvalue weighted by molar-refractivity contribution is 4.94. The Labute approximate surface area is 112 Å². The third-order valence-corrected chi connectivity index (χ3v) is 5.07. The first-order chi connectivity index (χ1) is 8.57. The molecule has 0 aromatic carbocycles. The lowest BCUT2D eigenvalue weighted by Gasteiger charge is -2.44. The number of ether oxygens (including phenoxy) is 1. The van der Waals surface area contributed by atoms with Crippen LogP contribution >= 0.6 is 0 Å². The van der Waals surface area contributed by atoms with Crippen LogP contribution < -0.4 is 5.32 Å². The summed E-state index contributed by atoms with van der Waals surface area (Å²) in [7, 11) is 0. The van der Waals surface area contributed by atoms with E-state index in [0.717, 1.165) is 19.1 Å². The van der Waals surface area contributed by atoms with Gasteiger partial charge in [0.25, 0.3) is 0 Å². The lowest BCUT2D eigenvalue weighted by atomic mass is 9.75. The maximum absolute atomic E-state index is 5.81. The van der Waals surface area contributed by atoms with E-state index in [2.05, 4.69) is 37.9 Å². The zero-order valence-corrected chi connectivity index (χ0v) is 12.5. The van der Waals surface area contributed by atoms with E-state index in [1.807, 2.05) is 0 Å². The van der Waals surface area contributed by atoms with Gasteiger partial charge in [-0.25, -0.2) is 0 Å². The third-order valence-electron chi connectivity index (χ3n) is 5.07. The summed E-state index contributed by atoms with van der Waals surface area (Å²) < 4.78 is 5.81. The lowest BCUT2D eigenvalue weighted by Crippen LogP contribution is -2.53. The SMILES string of the molecule is CCC1COC(C)CN1CC1(C(C)C)CCNC1. The van der Waals surface area contributed by atoms with Crippen LogP contribution in [0.1, 0.15) is 40.5 Å². The van der Waals surface area contributed by atoms with Gasteiger partial charge in [0.2, 0.25) is 0 Å². The van der Waals surface area contributed by atoms with Crippen molar-refractivity contribution in [2.75, 3.05) is 32.8 Å². The van der Waals surface area contributed by atoms with Gasteiger partial charge >= 0.3 is 0 Å². The fourth-order valence-electron chi connectivity index (χ4n) is 3.46. The number of rotatable bonds is 4. The molecule has 2 rings (SSSR count). The molecule has 3 heteroatoms. The van der Waals surface area contributed by atoms with E-state index in [1.54, 1.807) is 0 Å². The van der Waals surface area contributed by atoms with Crippen LogP contribution in [0.5, 0.6) is 0 Å². The van der Waals surface area contributed by atoms with Gasteiger partial charge in [0.05, 0.1) is 12.7 Å². The minimum atomic E-state index is 0.395. The molecule has 2 aliphatic heterocycles. The molecule has 0 aromatic heterocycles. The molecule has 106 valence electrons. The van der Waals surface area contributed by atoms with Gasteiger partial charge in [-0.05, 0) is 37.6 Å². The van der Waals surface area contributed by atoms with Crippen molar-refractivity contribution in [2.24, 2.45) is 11.3 Å². The largest absolute Gasteiger partial charge is 0.376 e. The molecule has 0 bridgehead atoms. The molecule has 0 amide bonds. The predicted octanol–water partition coefficient (Wildman–Crippen LogP) is 2.12. The minimum Gasteiger partial charge on any atom is -0.376 e. The lowest BCUT2D eigenvalue weighted by molar-refractivity contribution is -0.0721. The Morgan fingerprint density at radius 1 is 1.44 bits per heavy atom. The molecule has 0 saturated carbocycles. The topological polar surface area (TPSA) is 24.5 Å². The molecular weight excluding hydrogens is 224 g/mol. The van der Waals surface area contributed by atoms with E-state index < -0.39 is 0 Å². The molecule has 2 fully saturated rings. The fraction of sp³-hybridized carbons (Fsp3) is 1.00. The Morgan fingerprint density at radius 3 is 2.78 bits per heavy atom. The van der Waals surface area contributed by atoms with Crippen molar-refractivity contribution < 1.29 is 4.74 Å². The van der Waals surface area contributed by atoms with Crippen molar-refractivity contribution in [1.82, 2.24) is 10.2 Å². The van der Waals surface area contributed by atoms with Gasteiger partial charge in [0.15, 0.2) is 0 Å². The van der Waals surface area contributed by atoms with Crippen molar-refractivity contribution in [2.45, 2.75) is 52.7 Å². The average Bonchev–Trinajstić information content (AvgIpc) is 2.79. The predicted molar refractivity (Wildman–Crippen MR) is 75.8 cm³/mol. The molecule has 3 unspecified atom stereocenters. The quantitative estimate of drug-likeness (QED) is 0.832. The van der Waals surface area contributed by atoms with Crippen molar-refractivity contribution in [3.63, 3.8) is 0 Å². The van der Waals surface area contributed by atoms with Crippen LogP contribution in [0.2, 0.25) is 0 Å². The molecule has 3 atom stereocenters. The van der Waals surface area contributed by atoms with Crippen LogP contribution in [-0.2, 0) is 4.74 Å². The Balaban J connectivity index is 2.04. The van der Waals surface area contributed by atoms with Crippen LogP contribution in [0.3, 0.4) is 0 Å². The number of nitrogens with zero attached hydrogens (tertiary/aromatic N) is 1. The first-order valence-electron chi connectivity index (χ1n) is 7.64. The van der Waals surface area contributed by atoms with Gasteiger partial charge < -0.3 is 10.1 Å². The maximum Gasteiger partial charge on any atom is 0.0674 e. The van der Waals surface area contributed by atoms with Crippen molar-refractivity contribution in [3.05, 3.63) is 0 Å². The van der Waals surface area contributed by atoms with Crippen LogP contribution in [0.25, 0.3) is 0 Å². The van der Waals surface area contributed by atoms with E-state index in [0.29, 0.717) is 17.6 Å². The summed E-state index contributed by atoms with van der Waals surface area (Å²) in [6.45, 7) is 14.9. The molecule has 0 aliphatic carbocycles. The Hall–Kier alpha value is -0.120. The monoisotopic (exact) mass is 254 g/mol. The molecular formula is C15H30N2O. The van der Waals surface area contributed by atoms with Gasteiger partial charge in [-0.1, -0.05) is 20.8 Å². The normalized spacial score (nSPS) is 38.5. The second-order valence-electron chi connectivity index (χ2n) is 6.58. The Kier molecular flexibility index (Phi) is 4.68. The minimum absolute atomic E-state index is 0.395. The number of hydrogen-bond acceptors (Lipinski definition) is 3. The summed E-state index contributed by atoms with van der Waals surface area (Å²) in [5.74, 6) is 0.753. The number of nitrogens with one attached hydrogen (secondary N) is 1. The first kappa shape index (κ1) is 14.3. The number of hydrogen-bond donors (Lipinski definition) is 1. The highest BCUT2D eigenvalue weighted by Crippen LogP contribution is 2.36. The van der Waals surface area contributed by atoms with E-state index in [9.17, 15) is 0 Å². The van der Waals surface area contributed by atoms with Crippen LogP contribution in [0.4, 0.5) is 0 Å². The smallest absolute Gasteiger partial charge is 0.0674 e. The molecule has 0 spiro atoms. The van der Waals surface area contributed by atoms with E-state index in [1.165, 1.54) is 32.5 Å². The first-order valence-corrected chi connectivity index (χ1v) is 7.64. The molecule has 0 aromatic rings. The van der Waals surface area contributed by atoms with E-state index in [4.69, 9.17) is 4.74 Å². The molecule has 1 N–H and O–H groups in total. The molecule has 3 nitrogen and oxygen atoms in total. The van der Waals surface area contributed by atoms with Gasteiger partial charge in [-0.3, -0.25) is 4.90 Å². The Bertz CT molecular complexity index is 261. The van der Waals surface area contributed by atoms with Crippen molar-refractivity contribution >= 4 is 0 Å². The standard InChI is InChI=1S/C15H30N2O/c1-5-14-9-18-13(4)8-17(14)11-15(12(2)3)6-7-16-10-15/h12-14,16H,5-11H2,1-4H3. The van der Waals surface area contributed by atoms with Crippen LogP contribution in [-0.4, -0.2) is 49.8 Å². The summed E-state index contributed by atoms with van der Waals surface area (Å²) in [5, 5.41) is 3.57. The Morgan fingerprint density at radius 2 is 2.22 bits per heavy atom. The molecule has 2 aliphatic rings. The summed E-state index contributed by atoms with van der Waals surface area (Å²) in [5.41, 5.74) is 0.477. The highest BCUT2D eigenvalue weighted by atomic mass is 16.5. The molecule has 2 heterocycles. The van der Waals surface area contributed by atoms with E-state index >= 15 is 0 Å². The molecule has 18 heavy (non-hydrogen) atoms. The second kappa shape index (κ2) is 5.89. The zero-order chi connectivity index (χ0) is 13.2.